The predicted molar refractivity (Wildman–Crippen MR) is 262 cm³/mol. The van der Waals surface area contributed by atoms with Gasteiger partial charge in [0.2, 0.25) is 0 Å². The summed E-state index contributed by atoms with van der Waals surface area (Å²) in [5.74, 6) is 0. The van der Waals surface area contributed by atoms with E-state index in [1.54, 1.807) is 0 Å². The highest BCUT2D eigenvalue weighted by atomic mass is 28.3. The SMILES string of the molecule is C[Si](C)/N=C1/C=CC=C(N(C2=CC=C(c3ccccc3)C(=N)/C2=N\[Si](C)C)c2ccc(-c3ccc(-c4cccc5c4C(C)(C)c4ccccc4-5)cc3)c3c2=N[Si](C)(C)N=3)C1=N. The molecule has 0 spiro atoms. The van der Waals surface area contributed by atoms with E-state index in [0.717, 1.165) is 44.4 Å². The summed E-state index contributed by atoms with van der Waals surface area (Å²) < 4.78 is 21.0. The van der Waals surface area contributed by atoms with Crippen molar-refractivity contribution in [2.45, 2.75) is 58.5 Å². The van der Waals surface area contributed by atoms with Gasteiger partial charge in [0, 0.05) is 16.6 Å². The third-order valence-corrected chi connectivity index (χ3v) is 14.6. The van der Waals surface area contributed by atoms with E-state index in [2.05, 4.69) is 143 Å². The van der Waals surface area contributed by atoms with Gasteiger partial charge in [-0.05, 0) is 88.0 Å². The Morgan fingerprint density at radius 1 is 0.590 bits per heavy atom. The number of rotatable bonds is 8. The highest BCUT2D eigenvalue weighted by Gasteiger charge is 2.38. The van der Waals surface area contributed by atoms with Crippen LogP contribution in [0.1, 0.15) is 30.5 Å². The van der Waals surface area contributed by atoms with Crippen LogP contribution in [0.3, 0.4) is 0 Å². The van der Waals surface area contributed by atoms with E-state index in [0.29, 0.717) is 28.5 Å². The summed E-state index contributed by atoms with van der Waals surface area (Å²) in [6.45, 7) is 17.6. The van der Waals surface area contributed by atoms with E-state index in [1.807, 2.05) is 54.6 Å². The lowest BCUT2D eigenvalue weighted by molar-refractivity contribution is 0.662. The minimum atomic E-state index is -2.45. The number of benzene rings is 5. The molecule has 0 fully saturated rings. The number of allylic oxidation sites excluding steroid dienone is 8. The third kappa shape index (κ3) is 7.08. The number of anilines is 1. The molecule has 0 saturated carbocycles. The van der Waals surface area contributed by atoms with Gasteiger partial charge in [-0.2, -0.15) is 0 Å². The summed E-state index contributed by atoms with van der Waals surface area (Å²) in [5.41, 5.74) is 15.7. The molecule has 9 rings (SSSR count). The quantitative estimate of drug-likeness (QED) is 0.118. The van der Waals surface area contributed by atoms with Gasteiger partial charge in [0.1, 0.15) is 5.71 Å². The van der Waals surface area contributed by atoms with Crippen LogP contribution in [0.5, 0.6) is 0 Å². The number of nitrogens with zero attached hydrogens (tertiary/aromatic N) is 5. The van der Waals surface area contributed by atoms with E-state index in [-0.39, 0.29) is 5.41 Å². The third-order valence-electron chi connectivity index (χ3n) is 11.7. The average molecular weight is 844 g/mol. The first kappa shape index (κ1) is 40.2. The molecule has 61 heavy (non-hydrogen) atoms. The number of fused-ring (bicyclic) bond motifs is 4. The van der Waals surface area contributed by atoms with Crippen LogP contribution in [-0.4, -0.2) is 49.2 Å². The maximum absolute atomic E-state index is 9.66. The topological polar surface area (TPSA) is 100 Å². The summed E-state index contributed by atoms with van der Waals surface area (Å²) in [6, 6.07) is 38.8. The van der Waals surface area contributed by atoms with Gasteiger partial charge in [0.05, 0.1) is 44.9 Å². The Morgan fingerprint density at radius 3 is 1.95 bits per heavy atom. The van der Waals surface area contributed by atoms with Crippen molar-refractivity contribution in [3.8, 4) is 33.4 Å². The van der Waals surface area contributed by atoms with Crippen LogP contribution in [0.15, 0.2) is 170 Å². The minimum Gasteiger partial charge on any atom is -0.321 e. The summed E-state index contributed by atoms with van der Waals surface area (Å²) >= 11 is 0. The van der Waals surface area contributed by atoms with Crippen LogP contribution < -0.4 is 15.6 Å². The van der Waals surface area contributed by atoms with Crippen LogP contribution in [0.4, 0.5) is 5.69 Å². The van der Waals surface area contributed by atoms with Crippen LogP contribution >= 0.6 is 0 Å². The maximum atomic E-state index is 9.66. The molecule has 0 atom stereocenters. The first-order valence-electron chi connectivity index (χ1n) is 20.8. The second-order valence-corrected chi connectivity index (χ2v) is 25.0. The molecule has 4 aliphatic rings. The fraction of sp³-hybridized carbons (Fsp3) is 0.176. The van der Waals surface area contributed by atoms with E-state index in [9.17, 15) is 10.8 Å². The monoisotopic (exact) mass is 843 g/mol. The zero-order valence-corrected chi connectivity index (χ0v) is 39.0. The Hall–Kier alpha value is -6.21. The zero-order valence-electron chi connectivity index (χ0n) is 36.0. The second kappa shape index (κ2) is 15.4. The van der Waals surface area contributed by atoms with Crippen molar-refractivity contribution in [2.24, 2.45) is 18.6 Å². The Bertz CT molecular complexity index is 3000. The highest BCUT2D eigenvalue weighted by molar-refractivity contribution is 6.74. The first-order chi connectivity index (χ1) is 29.2. The summed E-state index contributed by atoms with van der Waals surface area (Å²) in [7, 11) is -4.68. The van der Waals surface area contributed by atoms with E-state index in [1.165, 1.54) is 33.4 Å². The van der Waals surface area contributed by atoms with Crippen molar-refractivity contribution >= 4 is 60.4 Å². The molecule has 0 unspecified atom stereocenters. The lowest BCUT2D eigenvalue weighted by Gasteiger charge is -2.34. The highest BCUT2D eigenvalue weighted by Crippen LogP contribution is 2.52. The van der Waals surface area contributed by atoms with E-state index < -0.39 is 26.3 Å². The van der Waals surface area contributed by atoms with Crippen molar-refractivity contribution in [3.05, 3.63) is 178 Å². The van der Waals surface area contributed by atoms with Gasteiger partial charge < -0.3 is 14.2 Å². The second-order valence-electron chi connectivity index (χ2n) is 17.4. The van der Waals surface area contributed by atoms with Crippen LogP contribution in [0.2, 0.25) is 39.3 Å². The molecule has 0 aromatic heterocycles. The molecule has 7 nitrogen and oxygen atoms in total. The molecule has 2 N–H and O–H groups in total. The largest absolute Gasteiger partial charge is 0.321 e. The number of hydrogen-bond donors (Lipinski definition) is 2. The molecule has 5 aromatic rings. The van der Waals surface area contributed by atoms with Crippen LogP contribution in [0.25, 0.3) is 39.0 Å². The molecule has 5 aromatic carbocycles. The Morgan fingerprint density at radius 2 is 1.23 bits per heavy atom. The van der Waals surface area contributed by atoms with Crippen LogP contribution in [0, 0.1) is 10.8 Å². The Balaban J connectivity index is 1.20. The number of hydrogen-bond acceptors (Lipinski definition) is 7. The van der Waals surface area contributed by atoms with Gasteiger partial charge in [-0.1, -0.05) is 149 Å². The molecule has 1 aliphatic heterocycles. The summed E-state index contributed by atoms with van der Waals surface area (Å²) in [6.07, 6.45) is 9.97. The van der Waals surface area contributed by atoms with Gasteiger partial charge in [-0.15, -0.1) is 0 Å². The van der Waals surface area contributed by atoms with Gasteiger partial charge in [-0.25, -0.2) is 0 Å². The lowest BCUT2D eigenvalue weighted by atomic mass is 9.79. The Labute approximate surface area is 363 Å². The molecule has 3 aliphatic carbocycles. The standard InChI is InChI=1S/C51H49N7Si3/c1-51(2)40-21-13-12-18-38(40)39-20-14-19-35(45(39)51)33-24-26-34(27-25-33)37-29-31-44(50-48(37)56-61(7,8)57-50)58(42-23-15-22-41(47(42)53)54-59(3)4)43-30-28-36(32-16-10-9-11-17-32)46(52)49(43)55-60(5)6/h9-31,52-53H,1-8H3/b52-46?,53-47?,54-41-,55-49-. The van der Waals surface area contributed by atoms with E-state index in [4.69, 9.17) is 18.6 Å². The molecular formula is C51H49N7Si3. The minimum absolute atomic E-state index is 0.116. The molecule has 0 amide bonds. The van der Waals surface area contributed by atoms with Gasteiger partial charge in [0.15, 0.2) is 17.9 Å². The molecular weight excluding hydrogens is 795 g/mol. The van der Waals surface area contributed by atoms with E-state index >= 15 is 0 Å². The molecule has 0 saturated heterocycles. The molecule has 2 radical (unpaired) electrons. The maximum Gasteiger partial charge on any atom is 0.298 e. The molecule has 1 heterocycles. The van der Waals surface area contributed by atoms with Crippen LogP contribution in [-0.2, 0) is 5.41 Å². The smallest absolute Gasteiger partial charge is 0.298 e. The predicted octanol–water partition coefficient (Wildman–Crippen LogP) is 10.9. The van der Waals surface area contributed by atoms with Crippen molar-refractivity contribution in [1.29, 1.82) is 10.8 Å². The van der Waals surface area contributed by atoms with Crippen molar-refractivity contribution < 1.29 is 0 Å². The molecule has 0 bridgehead atoms. The van der Waals surface area contributed by atoms with Crippen molar-refractivity contribution in [3.63, 3.8) is 0 Å². The Kier molecular flexibility index (Phi) is 10.1. The lowest BCUT2D eigenvalue weighted by Crippen LogP contribution is -2.42. The fourth-order valence-corrected chi connectivity index (χ4v) is 12.0. The number of nitrogens with one attached hydrogen (secondary N) is 2. The zero-order chi connectivity index (χ0) is 42.8. The van der Waals surface area contributed by atoms with Gasteiger partial charge in [-0.3, -0.25) is 20.1 Å². The fourth-order valence-electron chi connectivity index (χ4n) is 9.09. The first-order valence-corrected chi connectivity index (χ1v) is 28.6. The van der Waals surface area contributed by atoms with Crippen molar-refractivity contribution in [1.82, 2.24) is 0 Å². The summed E-state index contributed by atoms with van der Waals surface area (Å²) in [4.78, 5) is 2.10. The molecule has 300 valence electrons. The summed E-state index contributed by atoms with van der Waals surface area (Å²) in [5, 5.41) is 21.0. The van der Waals surface area contributed by atoms with Crippen molar-refractivity contribution in [2.75, 3.05) is 4.90 Å². The molecule has 10 heteroatoms. The van der Waals surface area contributed by atoms with Gasteiger partial charge >= 0.3 is 0 Å². The normalized spacial score (nSPS) is 18.4. The van der Waals surface area contributed by atoms with Gasteiger partial charge in [0.25, 0.3) is 8.40 Å². The average Bonchev–Trinajstić information content (AvgIpc) is 3.70.